The van der Waals surface area contributed by atoms with Crippen molar-refractivity contribution < 1.29 is 9.84 Å². The Balaban J connectivity index is 1.69. The summed E-state index contributed by atoms with van der Waals surface area (Å²) < 4.78 is 5.50. The first kappa shape index (κ1) is 17.2. The maximum atomic E-state index is 9.92. The molecule has 22 heavy (non-hydrogen) atoms. The standard InChI is InChI=1S/C16H27N3O2S/c1-3-17-16(19-9-15-7-4-12(2)22-15)18-8-14(20)11-21-10-13-5-6-13/h4,7,13-14,20H,3,5-6,8-11H2,1-2H3,(H2,17,18,19). The van der Waals surface area contributed by atoms with Gasteiger partial charge in [-0.2, -0.15) is 0 Å². The maximum Gasteiger partial charge on any atom is 0.191 e. The van der Waals surface area contributed by atoms with E-state index in [0.717, 1.165) is 25.0 Å². The molecule has 2 rings (SSSR count). The third kappa shape index (κ3) is 6.77. The van der Waals surface area contributed by atoms with E-state index >= 15 is 0 Å². The molecule has 6 heteroatoms. The number of aliphatic imine (C=N–C) groups is 1. The molecule has 0 radical (unpaired) electrons. The van der Waals surface area contributed by atoms with Crippen LogP contribution in [0.1, 0.15) is 29.5 Å². The molecule has 1 atom stereocenters. The normalized spacial score (nSPS) is 16.6. The average molecular weight is 325 g/mol. The summed E-state index contributed by atoms with van der Waals surface area (Å²) in [5.74, 6) is 1.46. The zero-order valence-electron chi connectivity index (χ0n) is 13.5. The quantitative estimate of drug-likeness (QED) is 0.479. The van der Waals surface area contributed by atoms with Gasteiger partial charge in [-0.25, -0.2) is 4.99 Å². The summed E-state index contributed by atoms with van der Waals surface area (Å²) in [6, 6.07) is 4.21. The van der Waals surface area contributed by atoms with Gasteiger partial charge < -0.3 is 20.5 Å². The molecule has 0 bridgehead atoms. The minimum atomic E-state index is -0.508. The van der Waals surface area contributed by atoms with Gasteiger partial charge in [0.05, 0.1) is 19.3 Å². The van der Waals surface area contributed by atoms with Gasteiger partial charge in [0.15, 0.2) is 5.96 Å². The van der Waals surface area contributed by atoms with Gasteiger partial charge in [-0.3, -0.25) is 0 Å². The summed E-state index contributed by atoms with van der Waals surface area (Å²) >= 11 is 1.76. The van der Waals surface area contributed by atoms with Gasteiger partial charge >= 0.3 is 0 Å². The van der Waals surface area contributed by atoms with E-state index in [9.17, 15) is 5.11 Å². The number of aliphatic hydroxyl groups is 1. The van der Waals surface area contributed by atoms with Crippen LogP contribution in [0.3, 0.4) is 0 Å². The predicted octanol–water partition coefficient (Wildman–Crippen LogP) is 1.90. The molecular weight excluding hydrogens is 298 g/mol. The van der Waals surface area contributed by atoms with Gasteiger partial charge in [-0.15, -0.1) is 11.3 Å². The molecule has 1 fully saturated rings. The van der Waals surface area contributed by atoms with Gasteiger partial charge in [-0.1, -0.05) is 0 Å². The van der Waals surface area contributed by atoms with Gasteiger partial charge in [0.1, 0.15) is 0 Å². The van der Waals surface area contributed by atoms with E-state index in [2.05, 4.69) is 34.7 Å². The lowest BCUT2D eigenvalue weighted by molar-refractivity contribution is 0.0345. The lowest BCUT2D eigenvalue weighted by Gasteiger charge is -2.15. The first-order valence-corrected chi connectivity index (χ1v) is 8.82. The van der Waals surface area contributed by atoms with Crippen molar-refractivity contribution in [2.75, 3.05) is 26.3 Å². The second kappa shape index (κ2) is 9.12. The lowest BCUT2D eigenvalue weighted by atomic mass is 10.3. The third-order valence-corrected chi connectivity index (χ3v) is 4.38. The second-order valence-electron chi connectivity index (χ2n) is 5.72. The Bertz CT molecular complexity index is 472. The molecule has 1 heterocycles. The molecule has 3 N–H and O–H groups in total. The highest BCUT2D eigenvalue weighted by Crippen LogP contribution is 2.28. The van der Waals surface area contributed by atoms with Crippen LogP contribution in [0.5, 0.6) is 0 Å². The van der Waals surface area contributed by atoms with Crippen molar-refractivity contribution in [1.82, 2.24) is 10.6 Å². The van der Waals surface area contributed by atoms with E-state index in [0.29, 0.717) is 19.7 Å². The van der Waals surface area contributed by atoms with E-state index in [1.165, 1.54) is 22.6 Å². The van der Waals surface area contributed by atoms with Crippen molar-refractivity contribution in [1.29, 1.82) is 0 Å². The molecule has 1 unspecified atom stereocenters. The SMILES string of the molecule is CCNC(=NCc1ccc(C)s1)NCC(O)COCC1CC1. The van der Waals surface area contributed by atoms with Crippen LogP contribution in [0.25, 0.3) is 0 Å². The predicted molar refractivity (Wildman–Crippen MR) is 91.4 cm³/mol. The zero-order chi connectivity index (χ0) is 15.8. The fraction of sp³-hybridized carbons (Fsp3) is 0.688. The Labute approximate surface area is 136 Å². The Kier molecular flexibility index (Phi) is 7.15. The Morgan fingerprint density at radius 3 is 2.91 bits per heavy atom. The van der Waals surface area contributed by atoms with Crippen molar-refractivity contribution in [2.24, 2.45) is 10.9 Å². The highest BCUT2D eigenvalue weighted by atomic mass is 32.1. The molecule has 0 amide bonds. The zero-order valence-corrected chi connectivity index (χ0v) is 14.3. The number of hydrogen-bond donors (Lipinski definition) is 3. The molecule has 1 aromatic heterocycles. The van der Waals surface area contributed by atoms with Crippen LogP contribution in [0.4, 0.5) is 0 Å². The number of hydrogen-bond acceptors (Lipinski definition) is 4. The van der Waals surface area contributed by atoms with Gasteiger partial charge in [0.25, 0.3) is 0 Å². The molecule has 5 nitrogen and oxygen atoms in total. The summed E-state index contributed by atoms with van der Waals surface area (Å²) in [4.78, 5) is 7.08. The summed E-state index contributed by atoms with van der Waals surface area (Å²) in [5.41, 5.74) is 0. The van der Waals surface area contributed by atoms with Crippen LogP contribution in [0.15, 0.2) is 17.1 Å². The Morgan fingerprint density at radius 1 is 1.45 bits per heavy atom. The van der Waals surface area contributed by atoms with E-state index in [-0.39, 0.29) is 0 Å². The van der Waals surface area contributed by atoms with Gasteiger partial charge in [-0.05, 0) is 44.7 Å². The highest BCUT2D eigenvalue weighted by Gasteiger charge is 2.21. The summed E-state index contributed by atoms with van der Waals surface area (Å²) in [5, 5.41) is 16.3. The number of aryl methyl sites for hydroxylation is 1. The highest BCUT2D eigenvalue weighted by molar-refractivity contribution is 7.11. The van der Waals surface area contributed by atoms with Crippen molar-refractivity contribution in [3.05, 3.63) is 21.9 Å². The van der Waals surface area contributed by atoms with Gasteiger partial charge in [0, 0.05) is 29.5 Å². The largest absolute Gasteiger partial charge is 0.389 e. The molecule has 0 spiro atoms. The monoisotopic (exact) mass is 325 g/mol. The fourth-order valence-electron chi connectivity index (χ4n) is 2.00. The van der Waals surface area contributed by atoms with E-state index in [4.69, 9.17) is 4.74 Å². The summed E-state index contributed by atoms with van der Waals surface area (Å²) in [6.45, 7) is 7.18. The molecule has 1 aliphatic rings. The molecule has 1 aromatic rings. The number of nitrogens with one attached hydrogen (secondary N) is 2. The third-order valence-electron chi connectivity index (χ3n) is 3.40. The fourth-order valence-corrected chi connectivity index (χ4v) is 2.81. The summed E-state index contributed by atoms with van der Waals surface area (Å²) in [7, 11) is 0. The molecular formula is C16H27N3O2S. The lowest BCUT2D eigenvalue weighted by Crippen LogP contribution is -2.42. The second-order valence-corrected chi connectivity index (χ2v) is 7.10. The number of thiophene rings is 1. The molecule has 1 aliphatic carbocycles. The molecule has 1 saturated carbocycles. The van der Waals surface area contributed by atoms with Crippen LogP contribution in [-0.2, 0) is 11.3 Å². The van der Waals surface area contributed by atoms with E-state index in [1.54, 1.807) is 11.3 Å². The molecule has 124 valence electrons. The molecule has 0 aromatic carbocycles. The Hall–Kier alpha value is -1.11. The number of aliphatic hydroxyl groups excluding tert-OH is 1. The van der Waals surface area contributed by atoms with Crippen LogP contribution >= 0.6 is 11.3 Å². The Morgan fingerprint density at radius 2 is 2.27 bits per heavy atom. The van der Waals surface area contributed by atoms with Crippen molar-refractivity contribution in [3.63, 3.8) is 0 Å². The maximum absolute atomic E-state index is 9.92. The molecule has 0 saturated heterocycles. The van der Waals surface area contributed by atoms with Crippen molar-refractivity contribution >= 4 is 17.3 Å². The summed E-state index contributed by atoms with van der Waals surface area (Å²) in [6.07, 6.45) is 2.04. The molecule has 0 aliphatic heterocycles. The number of rotatable bonds is 9. The first-order valence-electron chi connectivity index (χ1n) is 8.00. The van der Waals surface area contributed by atoms with Crippen molar-refractivity contribution in [3.8, 4) is 0 Å². The van der Waals surface area contributed by atoms with Gasteiger partial charge in [0.2, 0.25) is 0 Å². The van der Waals surface area contributed by atoms with E-state index in [1.807, 2.05) is 6.92 Å². The average Bonchev–Trinajstić information content (AvgIpc) is 3.22. The minimum Gasteiger partial charge on any atom is -0.389 e. The minimum absolute atomic E-state index is 0.382. The number of guanidine groups is 1. The van der Waals surface area contributed by atoms with Crippen LogP contribution in [0.2, 0.25) is 0 Å². The number of nitrogens with zero attached hydrogens (tertiary/aromatic N) is 1. The number of ether oxygens (including phenoxy) is 1. The first-order chi connectivity index (χ1) is 10.7. The van der Waals surface area contributed by atoms with Crippen LogP contribution in [0, 0.1) is 12.8 Å². The van der Waals surface area contributed by atoms with Crippen molar-refractivity contribution in [2.45, 2.75) is 39.3 Å². The van der Waals surface area contributed by atoms with E-state index < -0.39 is 6.10 Å². The topological polar surface area (TPSA) is 65.9 Å². The van der Waals surface area contributed by atoms with Crippen LogP contribution < -0.4 is 10.6 Å². The van der Waals surface area contributed by atoms with Crippen LogP contribution in [-0.4, -0.2) is 43.5 Å². The smallest absolute Gasteiger partial charge is 0.191 e.